The minimum atomic E-state index is -4.55. The second-order valence-corrected chi connectivity index (χ2v) is 3.41. The SMILES string of the molecule is FC(F)(F)c1nc(=S)cc(-c2ccoc2)[nH]1. The maximum atomic E-state index is 12.4. The summed E-state index contributed by atoms with van der Waals surface area (Å²) in [4.78, 5) is 5.38. The molecule has 0 spiro atoms. The van der Waals surface area contributed by atoms with Gasteiger partial charge in [0.25, 0.3) is 0 Å². The third kappa shape index (κ3) is 2.13. The fourth-order valence-corrected chi connectivity index (χ4v) is 1.37. The summed E-state index contributed by atoms with van der Waals surface area (Å²) in [6.07, 6.45) is -1.87. The number of H-pyrrole nitrogens is 1. The van der Waals surface area contributed by atoms with Gasteiger partial charge in [-0.1, -0.05) is 12.2 Å². The zero-order valence-corrected chi connectivity index (χ0v) is 8.52. The highest BCUT2D eigenvalue weighted by atomic mass is 32.1. The first kappa shape index (κ1) is 10.9. The minimum Gasteiger partial charge on any atom is -0.472 e. The first-order chi connectivity index (χ1) is 7.47. The van der Waals surface area contributed by atoms with Crippen LogP contribution in [0.4, 0.5) is 13.2 Å². The average Bonchev–Trinajstić information content (AvgIpc) is 2.68. The molecule has 84 valence electrons. The highest BCUT2D eigenvalue weighted by molar-refractivity contribution is 7.71. The van der Waals surface area contributed by atoms with Crippen molar-refractivity contribution in [2.75, 3.05) is 0 Å². The summed E-state index contributed by atoms with van der Waals surface area (Å²) in [5.74, 6) is -1.11. The summed E-state index contributed by atoms with van der Waals surface area (Å²) in [5.41, 5.74) is 0.708. The van der Waals surface area contributed by atoms with Crippen LogP contribution in [0.1, 0.15) is 5.82 Å². The Balaban J connectivity index is 2.57. The van der Waals surface area contributed by atoms with Gasteiger partial charge in [-0.25, -0.2) is 4.98 Å². The number of hydrogen-bond donors (Lipinski definition) is 1. The van der Waals surface area contributed by atoms with Crippen molar-refractivity contribution in [1.82, 2.24) is 9.97 Å². The van der Waals surface area contributed by atoms with Crippen molar-refractivity contribution < 1.29 is 17.6 Å². The molecule has 7 heteroatoms. The summed E-state index contributed by atoms with van der Waals surface area (Å²) in [6.45, 7) is 0. The molecule has 2 aromatic heterocycles. The Morgan fingerprint density at radius 2 is 2.12 bits per heavy atom. The van der Waals surface area contributed by atoms with Gasteiger partial charge in [0.1, 0.15) is 4.64 Å². The zero-order valence-electron chi connectivity index (χ0n) is 7.71. The Morgan fingerprint density at radius 3 is 2.69 bits per heavy atom. The predicted octanol–water partition coefficient (Wildman–Crippen LogP) is 3.42. The normalized spacial score (nSPS) is 11.7. The van der Waals surface area contributed by atoms with Crippen LogP contribution in [0.25, 0.3) is 11.3 Å². The first-order valence-corrected chi connectivity index (χ1v) is 4.59. The van der Waals surface area contributed by atoms with Crippen molar-refractivity contribution in [2.24, 2.45) is 0 Å². The number of nitrogens with one attached hydrogen (secondary N) is 1. The standard InChI is InChI=1S/C9H5F3N2OS/c10-9(11,12)8-13-6(3-7(16)14-8)5-1-2-15-4-5/h1-4H,(H,13,14,16). The third-order valence-corrected chi connectivity index (χ3v) is 2.05. The summed E-state index contributed by atoms with van der Waals surface area (Å²) in [5, 5.41) is 0. The number of hydrogen-bond acceptors (Lipinski definition) is 3. The molecule has 1 N–H and O–H groups in total. The molecule has 0 atom stereocenters. The molecule has 0 fully saturated rings. The van der Waals surface area contributed by atoms with Crippen LogP contribution >= 0.6 is 12.2 Å². The van der Waals surface area contributed by atoms with Gasteiger partial charge in [0.05, 0.1) is 18.2 Å². The molecular formula is C9H5F3N2OS. The molecule has 0 aromatic carbocycles. The molecule has 0 unspecified atom stereocenters. The zero-order chi connectivity index (χ0) is 11.8. The summed E-state index contributed by atoms with van der Waals surface area (Å²) in [7, 11) is 0. The Morgan fingerprint density at radius 1 is 1.38 bits per heavy atom. The highest BCUT2D eigenvalue weighted by Gasteiger charge is 2.34. The van der Waals surface area contributed by atoms with E-state index in [1.165, 1.54) is 24.7 Å². The van der Waals surface area contributed by atoms with Gasteiger partial charge in [-0.05, 0) is 12.1 Å². The van der Waals surface area contributed by atoms with E-state index in [1.807, 2.05) is 0 Å². The maximum absolute atomic E-state index is 12.4. The molecule has 0 aliphatic carbocycles. The van der Waals surface area contributed by atoms with Crippen molar-refractivity contribution in [2.45, 2.75) is 6.18 Å². The van der Waals surface area contributed by atoms with E-state index in [0.29, 0.717) is 5.56 Å². The lowest BCUT2D eigenvalue weighted by Gasteiger charge is -2.07. The maximum Gasteiger partial charge on any atom is 0.449 e. The van der Waals surface area contributed by atoms with Gasteiger partial charge in [0, 0.05) is 5.56 Å². The van der Waals surface area contributed by atoms with Crippen molar-refractivity contribution in [3.05, 3.63) is 35.1 Å². The molecule has 2 rings (SSSR count). The Kier molecular flexibility index (Phi) is 2.55. The summed E-state index contributed by atoms with van der Waals surface area (Å²) >= 11 is 4.67. The smallest absolute Gasteiger partial charge is 0.449 e. The summed E-state index contributed by atoms with van der Waals surface area (Å²) in [6, 6.07) is 2.87. The van der Waals surface area contributed by atoms with Crippen LogP contribution in [0.3, 0.4) is 0 Å². The monoisotopic (exact) mass is 246 g/mol. The number of aromatic nitrogens is 2. The number of rotatable bonds is 1. The van der Waals surface area contributed by atoms with Crippen LogP contribution in [0.2, 0.25) is 0 Å². The molecule has 0 saturated heterocycles. The van der Waals surface area contributed by atoms with E-state index in [9.17, 15) is 13.2 Å². The molecular weight excluding hydrogens is 241 g/mol. The molecule has 0 radical (unpaired) electrons. The van der Waals surface area contributed by atoms with Crippen LogP contribution in [-0.4, -0.2) is 9.97 Å². The third-order valence-electron chi connectivity index (χ3n) is 1.84. The van der Waals surface area contributed by atoms with Crippen LogP contribution < -0.4 is 0 Å². The molecule has 0 amide bonds. The summed E-state index contributed by atoms with van der Waals surface area (Å²) < 4.78 is 41.9. The van der Waals surface area contributed by atoms with Gasteiger partial charge >= 0.3 is 6.18 Å². The molecule has 3 nitrogen and oxygen atoms in total. The fourth-order valence-electron chi connectivity index (χ4n) is 1.17. The topological polar surface area (TPSA) is 41.8 Å². The van der Waals surface area contributed by atoms with Crippen LogP contribution in [0.15, 0.2) is 29.1 Å². The van der Waals surface area contributed by atoms with E-state index in [1.54, 1.807) is 0 Å². The minimum absolute atomic E-state index is 0.123. The van der Waals surface area contributed by atoms with E-state index in [4.69, 9.17) is 4.42 Å². The van der Waals surface area contributed by atoms with Gasteiger partial charge in [0.15, 0.2) is 0 Å². The first-order valence-electron chi connectivity index (χ1n) is 4.18. The van der Waals surface area contributed by atoms with E-state index >= 15 is 0 Å². The van der Waals surface area contributed by atoms with Crippen molar-refractivity contribution in [1.29, 1.82) is 0 Å². The van der Waals surface area contributed by atoms with E-state index in [-0.39, 0.29) is 10.3 Å². The van der Waals surface area contributed by atoms with Crippen LogP contribution in [-0.2, 0) is 6.18 Å². The van der Waals surface area contributed by atoms with E-state index in [2.05, 4.69) is 22.2 Å². The largest absolute Gasteiger partial charge is 0.472 e. The number of furan rings is 1. The van der Waals surface area contributed by atoms with E-state index in [0.717, 1.165) is 0 Å². The van der Waals surface area contributed by atoms with Crippen LogP contribution in [0, 0.1) is 4.64 Å². The van der Waals surface area contributed by atoms with Crippen molar-refractivity contribution >= 4 is 12.2 Å². The molecule has 16 heavy (non-hydrogen) atoms. The number of aromatic amines is 1. The quantitative estimate of drug-likeness (QED) is 0.784. The van der Waals surface area contributed by atoms with Gasteiger partial charge in [-0.3, -0.25) is 0 Å². The van der Waals surface area contributed by atoms with Gasteiger partial charge in [-0.2, -0.15) is 13.2 Å². The number of nitrogens with zero attached hydrogens (tertiary/aromatic N) is 1. The highest BCUT2D eigenvalue weighted by Crippen LogP contribution is 2.28. The lowest BCUT2D eigenvalue weighted by molar-refractivity contribution is -0.144. The van der Waals surface area contributed by atoms with Crippen molar-refractivity contribution in [3.8, 4) is 11.3 Å². The lowest BCUT2D eigenvalue weighted by atomic mass is 10.2. The lowest BCUT2D eigenvalue weighted by Crippen LogP contribution is -2.11. The second-order valence-electron chi connectivity index (χ2n) is 2.99. The van der Waals surface area contributed by atoms with Gasteiger partial charge in [-0.15, -0.1) is 0 Å². The average molecular weight is 246 g/mol. The van der Waals surface area contributed by atoms with Gasteiger partial charge < -0.3 is 9.40 Å². The molecule has 0 saturated carbocycles. The Labute approximate surface area is 92.9 Å². The van der Waals surface area contributed by atoms with Crippen LogP contribution in [0.5, 0.6) is 0 Å². The van der Waals surface area contributed by atoms with Crippen molar-refractivity contribution in [3.63, 3.8) is 0 Å². The van der Waals surface area contributed by atoms with Gasteiger partial charge in [0.2, 0.25) is 5.82 Å². The Hall–Kier alpha value is -1.63. The molecule has 0 aliphatic heterocycles. The predicted molar refractivity (Wildman–Crippen MR) is 52.1 cm³/mol. The molecule has 0 aliphatic rings. The second kappa shape index (κ2) is 3.75. The molecule has 2 aromatic rings. The molecule has 0 bridgehead atoms. The number of alkyl halides is 3. The number of halogens is 3. The van der Waals surface area contributed by atoms with E-state index < -0.39 is 12.0 Å². The fraction of sp³-hybridized carbons (Fsp3) is 0.111. The Bertz CT molecular complexity index is 545. The molecule has 2 heterocycles.